The Kier molecular flexibility index (Phi) is 4.72. The summed E-state index contributed by atoms with van der Waals surface area (Å²) >= 11 is 4.08. The van der Waals surface area contributed by atoms with Crippen LogP contribution in [0.25, 0.3) is 0 Å². The molecule has 3 heteroatoms. The Morgan fingerprint density at radius 3 is 2.76 bits per heavy atom. The molecule has 1 aliphatic rings. The first-order valence-electron chi connectivity index (χ1n) is 7.60. The summed E-state index contributed by atoms with van der Waals surface area (Å²) in [6, 6.07) is 9.73. The molecular weight excluding hydrogens is 294 g/mol. The standard InChI is InChI=1S/C18H23NS2/c1-12-4-5-14(8-13(12)2)9-16(19-3)18-10-15-11-20-7-6-17(15)21-18/h4-5,8,10,16,19H,6-7,9,11H2,1-3H3. The number of rotatable bonds is 4. The average Bonchev–Trinajstić information content (AvgIpc) is 2.92. The normalized spacial score (nSPS) is 15.8. The summed E-state index contributed by atoms with van der Waals surface area (Å²) in [5.74, 6) is 2.49. The van der Waals surface area contributed by atoms with Crippen LogP contribution in [0.1, 0.15) is 38.0 Å². The van der Waals surface area contributed by atoms with Gasteiger partial charge < -0.3 is 5.32 Å². The third-order valence-electron chi connectivity index (χ3n) is 4.35. The summed E-state index contributed by atoms with van der Waals surface area (Å²) in [7, 11) is 2.08. The maximum atomic E-state index is 3.51. The number of likely N-dealkylation sites (N-methyl/N-ethyl adjacent to an activating group) is 1. The largest absolute Gasteiger partial charge is 0.312 e. The zero-order chi connectivity index (χ0) is 14.8. The van der Waals surface area contributed by atoms with E-state index in [1.807, 2.05) is 11.3 Å². The zero-order valence-electron chi connectivity index (χ0n) is 13.0. The van der Waals surface area contributed by atoms with Crippen LogP contribution in [0.4, 0.5) is 0 Å². The van der Waals surface area contributed by atoms with Crippen molar-refractivity contribution in [3.8, 4) is 0 Å². The lowest BCUT2D eigenvalue weighted by Crippen LogP contribution is -2.17. The van der Waals surface area contributed by atoms with Gasteiger partial charge in [0.05, 0.1) is 0 Å². The Bertz CT molecular complexity index is 607. The number of hydrogen-bond acceptors (Lipinski definition) is 3. The summed E-state index contributed by atoms with van der Waals surface area (Å²) in [6.07, 6.45) is 2.33. The summed E-state index contributed by atoms with van der Waals surface area (Å²) in [5, 5.41) is 3.51. The van der Waals surface area contributed by atoms with Crippen molar-refractivity contribution in [1.29, 1.82) is 0 Å². The van der Waals surface area contributed by atoms with E-state index < -0.39 is 0 Å². The lowest BCUT2D eigenvalue weighted by molar-refractivity contribution is 0.601. The molecule has 2 aromatic rings. The molecule has 21 heavy (non-hydrogen) atoms. The molecule has 0 bridgehead atoms. The first kappa shape index (κ1) is 15.1. The summed E-state index contributed by atoms with van der Waals surface area (Å²) in [6.45, 7) is 4.38. The fourth-order valence-electron chi connectivity index (χ4n) is 2.85. The summed E-state index contributed by atoms with van der Waals surface area (Å²) < 4.78 is 0. The fraction of sp³-hybridized carbons (Fsp3) is 0.444. The summed E-state index contributed by atoms with van der Waals surface area (Å²) in [5.41, 5.74) is 5.78. The number of thioether (sulfide) groups is 1. The molecule has 0 amide bonds. The molecule has 1 atom stereocenters. The van der Waals surface area contributed by atoms with Crippen LogP contribution < -0.4 is 5.32 Å². The Balaban J connectivity index is 1.81. The van der Waals surface area contributed by atoms with E-state index in [9.17, 15) is 0 Å². The van der Waals surface area contributed by atoms with Gasteiger partial charge in [-0.05, 0) is 67.8 Å². The molecule has 0 spiro atoms. The van der Waals surface area contributed by atoms with Crippen LogP contribution in [0.2, 0.25) is 0 Å². The molecule has 1 aromatic heterocycles. The Morgan fingerprint density at radius 1 is 1.19 bits per heavy atom. The van der Waals surface area contributed by atoms with Gasteiger partial charge in [-0.25, -0.2) is 0 Å². The highest BCUT2D eigenvalue weighted by Gasteiger charge is 2.18. The van der Waals surface area contributed by atoms with Crippen molar-refractivity contribution in [3.63, 3.8) is 0 Å². The maximum Gasteiger partial charge on any atom is 0.0453 e. The number of aryl methyl sites for hydroxylation is 3. The lowest BCUT2D eigenvalue weighted by atomic mass is 10.00. The maximum absolute atomic E-state index is 3.51. The molecule has 0 saturated carbocycles. The van der Waals surface area contributed by atoms with Crippen molar-refractivity contribution < 1.29 is 0 Å². The SMILES string of the molecule is CNC(Cc1ccc(C)c(C)c1)c1cc2c(s1)CCSC2. The molecule has 0 aliphatic carbocycles. The predicted molar refractivity (Wildman–Crippen MR) is 95.6 cm³/mol. The van der Waals surface area contributed by atoms with Crippen molar-refractivity contribution in [1.82, 2.24) is 5.32 Å². The average molecular weight is 318 g/mol. The van der Waals surface area contributed by atoms with Crippen molar-refractivity contribution in [2.75, 3.05) is 12.8 Å². The zero-order valence-corrected chi connectivity index (χ0v) is 14.7. The van der Waals surface area contributed by atoms with Gasteiger partial charge in [0.1, 0.15) is 0 Å². The van der Waals surface area contributed by atoms with E-state index in [1.165, 1.54) is 39.5 Å². The van der Waals surface area contributed by atoms with Gasteiger partial charge in [-0.15, -0.1) is 11.3 Å². The van der Waals surface area contributed by atoms with Crippen LogP contribution in [0, 0.1) is 13.8 Å². The highest BCUT2D eigenvalue weighted by atomic mass is 32.2. The van der Waals surface area contributed by atoms with Gasteiger partial charge in [0, 0.05) is 21.5 Å². The van der Waals surface area contributed by atoms with E-state index in [1.54, 1.807) is 10.4 Å². The predicted octanol–water partition coefficient (Wildman–Crippen LogP) is 4.66. The highest BCUT2D eigenvalue weighted by molar-refractivity contribution is 7.98. The second-order valence-corrected chi connectivity index (χ2v) is 8.14. The van der Waals surface area contributed by atoms with Crippen LogP contribution >= 0.6 is 23.1 Å². The third kappa shape index (κ3) is 3.36. The van der Waals surface area contributed by atoms with Gasteiger partial charge >= 0.3 is 0 Å². The smallest absolute Gasteiger partial charge is 0.0453 e. The van der Waals surface area contributed by atoms with Gasteiger partial charge in [0.25, 0.3) is 0 Å². The minimum atomic E-state index is 0.438. The van der Waals surface area contributed by atoms with E-state index in [0.717, 1.165) is 6.42 Å². The molecule has 3 rings (SSSR count). The van der Waals surface area contributed by atoms with Crippen LogP contribution in [-0.4, -0.2) is 12.8 Å². The van der Waals surface area contributed by atoms with Crippen LogP contribution in [-0.2, 0) is 18.6 Å². The molecule has 1 aliphatic heterocycles. The Morgan fingerprint density at radius 2 is 2.05 bits per heavy atom. The molecule has 0 fully saturated rings. The number of benzene rings is 1. The molecule has 112 valence electrons. The number of thiophene rings is 1. The number of nitrogens with one attached hydrogen (secondary N) is 1. The fourth-order valence-corrected chi connectivity index (χ4v) is 5.34. The monoisotopic (exact) mass is 317 g/mol. The second kappa shape index (κ2) is 6.55. The van der Waals surface area contributed by atoms with Crippen molar-refractivity contribution in [2.24, 2.45) is 0 Å². The van der Waals surface area contributed by atoms with Crippen molar-refractivity contribution in [3.05, 3.63) is 56.3 Å². The van der Waals surface area contributed by atoms with E-state index >= 15 is 0 Å². The van der Waals surface area contributed by atoms with Crippen LogP contribution in [0.3, 0.4) is 0 Å². The van der Waals surface area contributed by atoms with Gasteiger partial charge in [-0.3, -0.25) is 0 Å². The second-order valence-electron chi connectivity index (χ2n) is 5.86. The number of fused-ring (bicyclic) bond motifs is 1. The van der Waals surface area contributed by atoms with E-state index in [-0.39, 0.29) is 0 Å². The van der Waals surface area contributed by atoms with Gasteiger partial charge in [0.15, 0.2) is 0 Å². The first-order chi connectivity index (χ1) is 10.2. The molecule has 2 heterocycles. The highest BCUT2D eigenvalue weighted by Crippen LogP contribution is 2.35. The van der Waals surface area contributed by atoms with Crippen molar-refractivity contribution >= 4 is 23.1 Å². The minimum absolute atomic E-state index is 0.438. The van der Waals surface area contributed by atoms with Gasteiger partial charge in [-0.2, -0.15) is 11.8 Å². The molecule has 1 aromatic carbocycles. The minimum Gasteiger partial charge on any atom is -0.312 e. The molecule has 0 radical (unpaired) electrons. The quantitative estimate of drug-likeness (QED) is 0.880. The molecule has 1 nitrogen and oxygen atoms in total. The van der Waals surface area contributed by atoms with Crippen LogP contribution in [0.15, 0.2) is 24.3 Å². The summed E-state index contributed by atoms with van der Waals surface area (Å²) in [4.78, 5) is 3.12. The Hall–Kier alpha value is -0.770. The first-order valence-corrected chi connectivity index (χ1v) is 9.57. The third-order valence-corrected chi connectivity index (χ3v) is 6.71. The molecular formula is C18H23NS2. The van der Waals surface area contributed by atoms with E-state index in [2.05, 4.69) is 62.2 Å². The number of hydrogen-bond donors (Lipinski definition) is 1. The van der Waals surface area contributed by atoms with E-state index in [0.29, 0.717) is 6.04 Å². The molecule has 1 unspecified atom stereocenters. The van der Waals surface area contributed by atoms with E-state index in [4.69, 9.17) is 0 Å². The van der Waals surface area contributed by atoms with Crippen molar-refractivity contribution in [2.45, 2.75) is 38.5 Å². The van der Waals surface area contributed by atoms with Gasteiger partial charge in [0.2, 0.25) is 0 Å². The molecule has 1 N–H and O–H groups in total. The van der Waals surface area contributed by atoms with Crippen LogP contribution in [0.5, 0.6) is 0 Å². The lowest BCUT2D eigenvalue weighted by Gasteiger charge is -2.15. The topological polar surface area (TPSA) is 12.0 Å². The Labute approximate surface area is 136 Å². The molecule has 0 saturated heterocycles. The van der Waals surface area contributed by atoms with Gasteiger partial charge in [-0.1, -0.05) is 18.2 Å².